The Hall–Kier alpha value is -2.24. The number of hydrogen-bond donors (Lipinski definition) is 1. The van der Waals surface area contributed by atoms with Crippen LogP contribution in [-0.4, -0.2) is 56.3 Å². The molecule has 176 valence electrons. The normalized spacial score (nSPS) is 15.4. The Morgan fingerprint density at radius 1 is 1.33 bits per heavy atom. The predicted octanol–water partition coefficient (Wildman–Crippen LogP) is 4.35. The highest BCUT2D eigenvalue weighted by Gasteiger charge is 2.24. The van der Waals surface area contributed by atoms with Gasteiger partial charge in [-0.25, -0.2) is 4.98 Å². The number of thiazole rings is 1. The van der Waals surface area contributed by atoms with Crippen LogP contribution >= 0.6 is 34.4 Å². The van der Waals surface area contributed by atoms with E-state index in [2.05, 4.69) is 44.3 Å². The van der Waals surface area contributed by atoms with E-state index in [-0.39, 0.29) is 17.6 Å². The summed E-state index contributed by atoms with van der Waals surface area (Å²) < 4.78 is 2.08. The number of aromatic nitrogens is 4. The predicted molar refractivity (Wildman–Crippen MR) is 134 cm³/mol. The standard InChI is InChI=1S/C22H28N6O2S3/c1-6-28-19(15-10-31-16-9-12(2)7-8-14(15)16)25-26-22(28)32-11-17(29)24-21-23-13(3)18(33-21)20(30)27(4)5/h10,12H,6-9,11H2,1-5H3,(H,23,24,29). The van der Waals surface area contributed by atoms with Crippen molar-refractivity contribution in [3.63, 3.8) is 0 Å². The van der Waals surface area contributed by atoms with Gasteiger partial charge < -0.3 is 14.8 Å². The summed E-state index contributed by atoms with van der Waals surface area (Å²) in [4.78, 5) is 32.6. The topological polar surface area (TPSA) is 93.0 Å². The number of carbonyl (C=O) groups excluding carboxylic acids is 2. The molecule has 3 aromatic rings. The highest BCUT2D eigenvalue weighted by molar-refractivity contribution is 7.99. The summed E-state index contributed by atoms with van der Waals surface area (Å²) in [5.41, 5.74) is 3.21. The van der Waals surface area contributed by atoms with E-state index in [1.54, 1.807) is 21.0 Å². The Labute approximate surface area is 205 Å². The number of thiophene rings is 1. The Kier molecular flexibility index (Phi) is 7.20. The molecule has 3 heterocycles. The van der Waals surface area contributed by atoms with Gasteiger partial charge in [-0.05, 0) is 44.6 Å². The van der Waals surface area contributed by atoms with Crippen LogP contribution < -0.4 is 5.32 Å². The van der Waals surface area contributed by atoms with Gasteiger partial charge in [-0.3, -0.25) is 9.59 Å². The summed E-state index contributed by atoms with van der Waals surface area (Å²) >= 11 is 4.37. The minimum Gasteiger partial charge on any atom is -0.344 e. The summed E-state index contributed by atoms with van der Waals surface area (Å²) in [6.45, 7) is 6.88. The second-order valence-corrected chi connectivity index (χ2v) is 11.3. The van der Waals surface area contributed by atoms with Gasteiger partial charge in [-0.1, -0.05) is 30.0 Å². The fourth-order valence-electron chi connectivity index (χ4n) is 3.88. The van der Waals surface area contributed by atoms with Crippen LogP contribution in [0.3, 0.4) is 0 Å². The van der Waals surface area contributed by atoms with E-state index in [0.29, 0.717) is 15.7 Å². The maximum Gasteiger partial charge on any atom is 0.265 e. The molecule has 1 N–H and O–H groups in total. The van der Waals surface area contributed by atoms with Crippen molar-refractivity contribution in [1.82, 2.24) is 24.6 Å². The SMILES string of the molecule is CCn1c(SCC(=O)Nc2nc(C)c(C(=O)N(C)C)s2)nnc1-c1csc2c1CCC(C)C2. The van der Waals surface area contributed by atoms with Gasteiger partial charge in [-0.15, -0.1) is 21.5 Å². The third-order valence-electron chi connectivity index (χ3n) is 5.65. The number of hydrogen-bond acceptors (Lipinski definition) is 8. The van der Waals surface area contributed by atoms with Crippen LogP contribution in [0.15, 0.2) is 10.5 Å². The summed E-state index contributed by atoms with van der Waals surface area (Å²) in [5, 5.41) is 15.0. The van der Waals surface area contributed by atoms with E-state index < -0.39 is 0 Å². The quantitative estimate of drug-likeness (QED) is 0.481. The molecule has 8 nitrogen and oxygen atoms in total. The van der Waals surface area contributed by atoms with Crippen molar-refractivity contribution < 1.29 is 9.59 Å². The van der Waals surface area contributed by atoms with Crippen LogP contribution in [0, 0.1) is 12.8 Å². The van der Waals surface area contributed by atoms with Gasteiger partial charge >= 0.3 is 0 Å². The van der Waals surface area contributed by atoms with Crippen molar-refractivity contribution in [2.75, 3.05) is 25.2 Å². The molecular weight excluding hydrogens is 476 g/mol. The molecule has 0 radical (unpaired) electrons. The van der Waals surface area contributed by atoms with Crippen molar-refractivity contribution >= 4 is 51.4 Å². The summed E-state index contributed by atoms with van der Waals surface area (Å²) in [7, 11) is 3.39. The smallest absolute Gasteiger partial charge is 0.265 e. The average molecular weight is 505 g/mol. The van der Waals surface area contributed by atoms with Crippen LogP contribution in [0.1, 0.15) is 46.1 Å². The maximum absolute atomic E-state index is 12.6. The van der Waals surface area contributed by atoms with Crippen LogP contribution in [0.2, 0.25) is 0 Å². The molecule has 0 spiro atoms. The number of nitrogens with one attached hydrogen (secondary N) is 1. The number of carbonyl (C=O) groups is 2. The highest BCUT2D eigenvalue weighted by Crippen LogP contribution is 2.38. The second-order valence-electron chi connectivity index (χ2n) is 8.42. The van der Waals surface area contributed by atoms with Crippen molar-refractivity contribution in [1.29, 1.82) is 0 Å². The van der Waals surface area contributed by atoms with E-state index in [1.807, 2.05) is 11.3 Å². The van der Waals surface area contributed by atoms with Crippen LogP contribution in [0.25, 0.3) is 11.4 Å². The first-order valence-corrected chi connectivity index (χ1v) is 13.6. The van der Waals surface area contributed by atoms with Crippen molar-refractivity contribution in [2.45, 2.75) is 51.7 Å². The van der Waals surface area contributed by atoms with Crippen molar-refractivity contribution in [2.24, 2.45) is 5.92 Å². The molecule has 4 rings (SSSR count). The molecule has 0 aliphatic heterocycles. The van der Waals surface area contributed by atoms with E-state index >= 15 is 0 Å². The van der Waals surface area contributed by atoms with E-state index in [4.69, 9.17) is 0 Å². The third-order valence-corrected chi connectivity index (χ3v) is 8.73. The van der Waals surface area contributed by atoms with Gasteiger partial charge in [0.05, 0.1) is 11.4 Å². The fraction of sp³-hybridized carbons (Fsp3) is 0.500. The molecule has 0 aromatic carbocycles. The number of nitrogens with zero attached hydrogens (tertiary/aromatic N) is 5. The Morgan fingerprint density at radius 2 is 2.12 bits per heavy atom. The van der Waals surface area contributed by atoms with Gasteiger partial charge in [0.1, 0.15) is 4.88 Å². The summed E-state index contributed by atoms with van der Waals surface area (Å²) in [6.07, 6.45) is 3.43. The monoisotopic (exact) mass is 504 g/mol. The lowest BCUT2D eigenvalue weighted by molar-refractivity contribution is -0.113. The Bertz CT molecular complexity index is 1180. The number of fused-ring (bicyclic) bond motifs is 1. The molecule has 1 aliphatic carbocycles. The molecule has 11 heteroatoms. The van der Waals surface area contributed by atoms with Crippen LogP contribution in [0.5, 0.6) is 0 Å². The van der Waals surface area contributed by atoms with E-state index in [1.165, 1.54) is 50.4 Å². The highest BCUT2D eigenvalue weighted by atomic mass is 32.2. The Morgan fingerprint density at radius 3 is 2.85 bits per heavy atom. The number of thioether (sulfide) groups is 1. The van der Waals surface area contributed by atoms with E-state index in [0.717, 1.165) is 36.3 Å². The molecule has 0 saturated carbocycles. The molecule has 1 aliphatic rings. The first-order chi connectivity index (χ1) is 15.8. The van der Waals surface area contributed by atoms with E-state index in [9.17, 15) is 9.59 Å². The zero-order valence-electron chi connectivity index (χ0n) is 19.5. The average Bonchev–Trinajstić information content (AvgIpc) is 3.47. The molecule has 1 unspecified atom stereocenters. The maximum atomic E-state index is 12.6. The molecule has 0 fully saturated rings. The lowest BCUT2D eigenvalue weighted by Gasteiger charge is -2.19. The van der Waals surface area contributed by atoms with Gasteiger partial charge in [0, 0.05) is 36.5 Å². The van der Waals surface area contributed by atoms with Crippen molar-refractivity contribution in [3.8, 4) is 11.4 Å². The lowest BCUT2D eigenvalue weighted by Crippen LogP contribution is -2.21. The molecule has 0 bridgehead atoms. The van der Waals surface area contributed by atoms with Crippen molar-refractivity contribution in [3.05, 3.63) is 26.4 Å². The first-order valence-electron chi connectivity index (χ1n) is 10.9. The van der Waals surface area contributed by atoms with Gasteiger partial charge in [0.2, 0.25) is 5.91 Å². The molecular formula is C22H28N6O2S3. The summed E-state index contributed by atoms with van der Waals surface area (Å²) in [5.74, 6) is 1.50. The molecule has 33 heavy (non-hydrogen) atoms. The minimum absolute atomic E-state index is 0.117. The third kappa shape index (κ3) is 4.99. The molecule has 1 atom stereocenters. The molecule has 0 saturated heterocycles. The summed E-state index contributed by atoms with van der Waals surface area (Å²) in [6, 6.07) is 0. The number of rotatable bonds is 7. The lowest BCUT2D eigenvalue weighted by atomic mass is 9.88. The van der Waals surface area contributed by atoms with Gasteiger partial charge in [0.15, 0.2) is 16.1 Å². The molecule has 3 aromatic heterocycles. The largest absolute Gasteiger partial charge is 0.344 e. The zero-order valence-corrected chi connectivity index (χ0v) is 21.9. The van der Waals surface area contributed by atoms with Crippen LogP contribution in [0.4, 0.5) is 5.13 Å². The van der Waals surface area contributed by atoms with Gasteiger partial charge in [0.25, 0.3) is 5.91 Å². The Balaban J connectivity index is 1.44. The minimum atomic E-state index is -0.188. The second kappa shape index (κ2) is 9.94. The van der Waals surface area contributed by atoms with Crippen LogP contribution in [-0.2, 0) is 24.2 Å². The zero-order chi connectivity index (χ0) is 23.7. The van der Waals surface area contributed by atoms with Gasteiger partial charge in [-0.2, -0.15) is 0 Å². The molecule has 2 amide bonds. The first kappa shape index (κ1) is 23.9. The number of aryl methyl sites for hydroxylation is 1. The number of anilines is 1. The number of amides is 2. The fourth-order valence-corrected chi connectivity index (χ4v) is 6.93.